The van der Waals surface area contributed by atoms with Gasteiger partial charge in [-0.15, -0.1) is 24.0 Å². The third-order valence-corrected chi connectivity index (χ3v) is 5.15. The Morgan fingerprint density at radius 1 is 1.14 bits per heavy atom. The summed E-state index contributed by atoms with van der Waals surface area (Å²) in [4.78, 5) is 7.06. The van der Waals surface area contributed by atoms with Gasteiger partial charge in [0, 0.05) is 19.6 Å². The minimum absolute atomic E-state index is 0. The zero-order chi connectivity index (χ0) is 19.8. The highest BCUT2D eigenvalue weighted by Gasteiger charge is 2.19. The topological polar surface area (TPSA) is 57.1 Å². The summed E-state index contributed by atoms with van der Waals surface area (Å²) >= 11 is 6.19. The number of halogens is 2. The van der Waals surface area contributed by atoms with Gasteiger partial charge in [0.2, 0.25) is 0 Å². The van der Waals surface area contributed by atoms with Crippen LogP contribution in [0.2, 0.25) is 5.02 Å². The van der Waals surface area contributed by atoms with Gasteiger partial charge in [-0.1, -0.05) is 48.0 Å². The van der Waals surface area contributed by atoms with Crippen LogP contribution < -0.4 is 10.1 Å². The van der Waals surface area contributed by atoms with Gasteiger partial charge in [0.15, 0.2) is 5.96 Å². The minimum Gasteiger partial charge on any atom is -0.487 e. The molecule has 0 saturated carbocycles. The first-order valence-electron chi connectivity index (χ1n) is 9.82. The Morgan fingerprint density at radius 2 is 1.79 bits per heavy atom. The van der Waals surface area contributed by atoms with Crippen molar-refractivity contribution < 1.29 is 9.84 Å². The molecular formula is C22H29ClIN3O2. The summed E-state index contributed by atoms with van der Waals surface area (Å²) in [5.74, 6) is 1.58. The van der Waals surface area contributed by atoms with Crippen molar-refractivity contribution in [1.82, 2.24) is 10.2 Å². The number of hydrogen-bond donors (Lipinski definition) is 2. The number of para-hydroxylation sites is 1. The molecule has 0 bridgehead atoms. The molecule has 0 aliphatic carbocycles. The average Bonchev–Trinajstić information content (AvgIpc) is 2.72. The van der Waals surface area contributed by atoms with E-state index in [0.717, 1.165) is 49.6 Å². The van der Waals surface area contributed by atoms with E-state index in [0.29, 0.717) is 23.9 Å². The number of aliphatic hydroxyl groups is 1. The Hall–Kier alpha value is -1.51. The van der Waals surface area contributed by atoms with E-state index in [1.165, 1.54) is 0 Å². The number of ether oxygens (including phenoxy) is 1. The minimum atomic E-state index is -0.193. The molecule has 1 saturated heterocycles. The smallest absolute Gasteiger partial charge is 0.194 e. The number of guanidine groups is 1. The van der Waals surface area contributed by atoms with Crippen molar-refractivity contribution in [3.8, 4) is 5.75 Å². The highest BCUT2D eigenvalue weighted by atomic mass is 127. The molecule has 1 heterocycles. The number of nitrogens with zero attached hydrogens (tertiary/aromatic N) is 2. The zero-order valence-electron chi connectivity index (χ0n) is 16.7. The van der Waals surface area contributed by atoms with Gasteiger partial charge >= 0.3 is 0 Å². The third kappa shape index (κ3) is 7.04. The Labute approximate surface area is 195 Å². The van der Waals surface area contributed by atoms with Gasteiger partial charge in [-0.3, -0.25) is 0 Å². The van der Waals surface area contributed by atoms with Crippen molar-refractivity contribution >= 4 is 41.5 Å². The van der Waals surface area contributed by atoms with Crippen molar-refractivity contribution in [2.24, 2.45) is 4.99 Å². The van der Waals surface area contributed by atoms with Crippen molar-refractivity contribution in [2.45, 2.75) is 39.0 Å². The van der Waals surface area contributed by atoms with Crippen molar-refractivity contribution in [3.63, 3.8) is 0 Å². The summed E-state index contributed by atoms with van der Waals surface area (Å²) in [5.41, 5.74) is 2.22. The number of likely N-dealkylation sites (tertiary alicyclic amines) is 1. The van der Waals surface area contributed by atoms with E-state index >= 15 is 0 Å². The standard InChI is InChI=1S/C22H28ClN3O2.HI/c1-2-24-22(26-13-11-19(27)12-14-26)25-15-17-7-3-4-8-18(17)16-28-21-10-6-5-9-20(21)23;/h3-10,19,27H,2,11-16H2,1H3,(H,24,25);1H. The molecule has 0 aromatic heterocycles. The van der Waals surface area contributed by atoms with Crippen molar-refractivity contribution in [3.05, 3.63) is 64.7 Å². The van der Waals surface area contributed by atoms with Crippen LogP contribution in [0.3, 0.4) is 0 Å². The Bertz CT molecular complexity index is 795. The molecule has 1 aliphatic heterocycles. The highest BCUT2D eigenvalue weighted by molar-refractivity contribution is 14.0. The summed E-state index contributed by atoms with van der Waals surface area (Å²) in [6, 6.07) is 15.7. The lowest BCUT2D eigenvalue weighted by Crippen LogP contribution is -2.46. The van der Waals surface area contributed by atoms with Gasteiger partial charge in [-0.05, 0) is 43.0 Å². The Balaban J connectivity index is 0.00000300. The molecule has 5 nitrogen and oxygen atoms in total. The molecule has 0 amide bonds. The summed E-state index contributed by atoms with van der Waals surface area (Å²) in [7, 11) is 0. The predicted molar refractivity (Wildman–Crippen MR) is 129 cm³/mol. The number of piperidine rings is 1. The van der Waals surface area contributed by atoms with Crippen LogP contribution in [0.15, 0.2) is 53.5 Å². The molecule has 3 rings (SSSR count). The number of aliphatic imine (C=N–C) groups is 1. The summed E-state index contributed by atoms with van der Waals surface area (Å²) in [5, 5.41) is 13.7. The fraction of sp³-hybridized carbons (Fsp3) is 0.409. The largest absolute Gasteiger partial charge is 0.487 e. The maximum atomic E-state index is 9.75. The van der Waals surface area contributed by atoms with E-state index < -0.39 is 0 Å². The fourth-order valence-corrected chi connectivity index (χ4v) is 3.42. The van der Waals surface area contributed by atoms with Crippen molar-refractivity contribution in [1.29, 1.82) is 0 Å². The molecule has 0 atom stereocenters. The van der Waals surface area contributed by atoms with Crippen LogP contribution in [0.1, 0.15) is 30.9 Å². The summed E-state index contributed by atoms with van der Waals surface area (Å²) in [6.45, 7) is 5.55. The normalized spacial score (nSPS) is 15.0. The lowest BCUT2D eigenvalue weighted by Gasteiger charge is -2.32. The van der Waals surface area contributed by atoms with Gasteiger partial charge in [0.1, 0.15) is 12.4 Å². The molecule has 1 aliphatic rings. The highest BCUT2D eigenvalue weighted by Crippen LogP contribution is 2.24. The number of nitrogens with one attached hydrogen (secondary N) is 1. The second-order valence-corrected chi connectivity index (χ2v) is 7.28. The summed E-state index contributed by atoms with van der Waals surface area (Å²) in [6.07, 6.45) is 1.38. The first kappa shape index (κ1) is 23.8. The molecule has 29 heavy (non-hydrogen) atoms. The molecule has 1 fully saturated rings. The number of benzene rings is 2. The molecule has 0 radical (unpaired) electrons. The molecule has 2 aromatic rings. The maximum Gasteiger partial charge on any atom is 0.194 e. The van der Waals surface area contributed by atoms with E-state index in [1.54, 1.807) is 0 Å². The van der Waals surface area contributed by atoms with E-state index in [9.17, 15) is 5.11 Å². The number of hydrogen-bond acceptors (Lipinski definition) is 3. The van der Waals surface area contributed by atoms with Crippen LogP contribution in [0, 0.1) is 0 Å². The SMILES string of the molecule is CCNC(=NCc1ccccc1COc1ccccc1Cl)N1CCC(O)CC1.I. The van der Waals surface area contributed by atoms with Crippen LogP contribution in [-0.4, -0.2) is 41.7 Å². The first-order valence-corrected chi connectivity index (χ1v) is 10.2. The van der Waals surface area contributed by atoms with Gasteiger partial charge in [0.05, 0.1) is 17.7 Å². The van der Waals surface area contributed by atoms with Crippen LogP contribution in [0.5, 0.6) is 5.75 Å². The molecule has 0 spiro atoms. The fourth-order valence-electron chi connectivity index (χ4n) is 3.23. The average molecular weight is 530 g/mol. The monoisotopic (exact) mass is 529 g/mol. The van der Waals surface area contributed by atoms with Crippen molar-refractivity contribution in [2.75, 3.05) is 19.6 Å². The molecule has 158 valence electrons. The van der Waals surface area contributed by atoms with E-state index in [4.69, 9.17) is 21.3 Å². The molecule has 7 heteroatoms. The van der Waals surface area contributed by atoms with E-state index in [1.807, 2.05) is 36.4 Å². The third-order valence-electron chi connectivity index (χ3n) is 4.84. The lowest BCUT2D eigenvalue weighted by atomic mass is 10.1. The van der Waals surface area contributed by atoms with Crippen LogP contribution in [-0.2, 0) is 13.2 Å². The van der Waals surface area contributed by atoms with Crippen LogP contribution in [0.25, 0.3) is 0 Å². The number of aliphatic hydroxyl groups excluding tert-OH is 1. The lowest BCUT2D eigenvalue weighted by molar-refractivity contribution is 0.108. The zero-order valence-corrected chi connectivity index (χ0v) is 19.8. The van der Waals surface area contributed by atoms with Crippen LogP contribution >= 0.6 is 35.6 Å². The van der Waals surface area contributed by atoms with Gasteiger partial charge < -0.3 is 20.1 Å². The molecule has 2 N–H and O–H groups in total. The molecule has 2 aromatic carbocycles. The second-order valence-electron chi connectivity index (χ2n) is 6.88. The Kier molecular flexibility index (Phi) is 10.0. The summed E-state index contributed by atoms with van der Waals surface area (Å²) < 4.78 is 5.91. The quantitative estimate of drug-likeness (QED) is 0.330. The molecule has 0 unspecified atom stereocenters. The Morgan fingerprint density at radius 3 is 2.48 bits per heavy atom. The predicted octanol–water partition coefficient (Wildman–Crippen LogP) is 4.46. The molecular weight excluding hydrogens is 501 g/mol. The van der Waals surface area contributed by atoms with E-state index in [2.05, 4.69) is 29.3 Å². The van der Waals surface area contributed by atoms with Gasteiger partial charge in [-0.2, -0.15) is 0 Å². The number of rotatable bonds is 6. The second kappa shape index (κ2) is 12.2. The van der Waals surface area contributed by atoms with Gasteiger partial charge in [-0.25, -0.2) is 4.99 Å². The maximum absolute atomic E-state index is 9.75. The first-order chi connectivity index (χ1) is 13.7. The van der Waals surface area contributed by atoms with Crippen LogP contribution in [0.4, 0.5) is 0 Å². The van der Waals surface area contributed by atoms with Gasteiger partial charge in [0.25, 0.3) is 0 Å². The van der Waals surface area contributed by atoms with E-state index in [-0.39, 0.29) is 30.1 Å².